The van der Waals surface area contributed by atoms with Crippen LogP contribution < -0.4 is 5.32 Å². The number of carbonyl (C=O) groups excluding carboxylic acids is 1. The van der Waals surface area contributed by atoms with Crippen LogP contribution in [0.1, 0.15) is 11.3 Å². The van der Waals surface area contributed by atoms with Gasteiger partial charge in [-0.2, -0.15) is 5.10 Å². The molecule has 0 spiro atoms. The number of halogens is 3. The van der Waals surface area contributed by atoms with Crippen molar-refractivity contribution in [3.05, 3.63) is 81.0 Å². The molecule has 1 unspecified atom stereocenters. The average molecular weight is 479 g/mol. The topological polar surface area (TPSA) is 67.0 Å². The van der Waals surface area contributed by atoms with Crippen molar-refractivity contribution in [2.24, 2.45) is 10.2 Å². The highest BCUT2D eigenvalue weighted by atomic mass is 35.5. The first kappa shape index (κ1) is 21.0. The first-order valence-electron chi connectivity index (χ1n) is 8.86. The lowest BCUT2D eigenvalue weighted by Gasteiger charge is -2.05. The second kappa shape index (κ2) is 9.27. The van der Waals surface area contributed by atoms with E-state index in [0.717, 1.165) is 5.56 Å². The fraction of sp³-hybridized carbons (Fsp3) is 0.0952. The smallest absolute Gasteiger partial charge is 0.239 e. The Bertz CT molecular complexity index is 1160. The van der Waals surface area contributed by atoms with Gasteiger partial charge in [0, 0.05) is 15.6 Å². The molecule has 152 valence electrons. The third kappa shape index (κ3) is 5.08. The van der Waals surface area contributed by atoms with Crippen molar-refractivity contribution >= 4 is 63.9 Å². The molecule has 0 aliphatic carbocycles. The Morgan fingerprint density at radius 3 is 2.73 bits per heavy atom. The van der Waals surface area contributed by atoms with Crippen LogP contribution in [0.2, 0.25) is 15.1 Å². The van der Waals surface area contributed by atoms with Crippen molar-refractivity contribution < 1.29 is 9.21 Å². The van der Waals surface area contributed by atoms with E-state index in [4.69, 9.17) is 39.2 Å². The summed E-state index contributed by atoms with van der Waals surface area (Å²) in [7, 11) is 0. The lowest BCUT2D eigenvalue weighted by molar-refractivity contribution is -0.118. The Balaban J connectivity index is 1.41. The Morgan fingerprint density at radius 1 is 1.07 bits per heavy atom. The van der Waals surface area contributed by atoms with Crippen molar-refractivity contribution in [3.8, 4) is 11.3 Å². The molecule has 1 aliphatic rings. The summed E-state index contributed by atoms with van der Waals surface area (Å²) in [6.45, 7) is 0. The van der Waals surface area contributed by atoms with Crippen molar-refractivity contribution in [1.29, 1.82) is 0 Å². The van der Waals surface area contributed by atoms with Gasteiger partial charge in [-0.1, -0.05) is 58.7 Å². The number of nitrogens with zero attached hydrogens (tertiary/aromatic N) is 2. The van der Waals surface area contributed by atoms with Gasteiger partial charge in [-0.15, -0.1) is 5.10 Å². The normalized spacial score (nSPS) is 17.8. The number of amidine groups is 1. The zero-order valence-corrected chi connectivity index (χ0v) is 18.4. The Labute approximate surface area is 192 Å². The minimum Gasteiger partial charge on any atom is -0.455 e. The number of amides is 1. The Kier molecular flexibility index (Phi) is 6.49. The van der Waals surface area contributed by atoms with E-state index in [2.05, 4.69) is 15.5 Å². The molecule has 1 amide bonds. The predicted molar refractivity (Wildman–Crippen MR) is 124 cm³/mol. The molecule has 2 aromatic carbocycles. The van der Waals surface area contributed by atoms with E-state index in [-0.39, 0.29) is 11.2 Å². The molecule has 0 saturated carbocycles. The van der Waals surface area contributed by atoms with Crippen LogP contribution in [0.4, 0.5) is 0 Å². The maximum atomic E-state index is 12.2. The van der Waals surface area contributed by atoms with E-state index >= 15 is 0 Å². The van der Waals surface area contributed by atoms with E-state index in [1.54, 1.807) is 36.4 Å². The van der Waals surface area contributed by atoms with Crippen LogP contribution in [-0.2, 0) is 11.2 Å². The van der Waals surface area contributed by atoms with Gasteiger partial charge >= 0.3 is 0 Å². The van der Waals surface area contributed by atoms with Crippen molar-refractivity contribution in [2.45, 2.75) is 11.7 Å². The molecule has 3 aromatic rings. The first-order chi connectivity index (χ1) is 14.5. The number of hydrogen-bond acceptors (Lipinski definition) is 5. The summed E-state index contributed by atoms with van der Waals surface area (Å²) < 4.78 is 5.73. The quantitative estimate of drug-likeness (QED) is 0.357. The minimum absolute atomic E-state index is 0.107. The lowest BCUT2D eigenvalue weighted by atomic mass is 10.1. The second-order valence-corrected chi connectivity index (χ2v) is 8.88. The zero-order valence-electron chi connectivity index (χ0n) is 15.3. The average Bonchev–Trinajstić information content (AvgIpc) is 3.31. The molecule has 1 aromatic heterocycles. The first-order valence-corrected chi connectivity index (χ1v) is 10.9. The zero-order chi connectivity index (χ0) is 21.1. The predicted octanol–water partition coefficient (Wildman–Crippen LogP) is 6.07. The van der Waals surface area contributed by atoms with Gasteiger partial charge in [0.05, 0.1) is 16.5 Å². The molecule has 1 aliphatic heterocycles. The highest BCUT2D eigenvalue weighted by Gasteiger charge is 2.30. The highest BCUT2D eigenvalue weighted by molar-refractivity contribution is 8.15. The van der Waals surface area contributed by atoms with Crippen LogP contribution in [0, 0.1) is 0 Å². The van der Waals surface area contributed by atoms with Crippen LogP contribution in [-0.4, -0.2) is 22.5 Å². The molecule has 1 atom stereocenters. The van der Waals surface area contributed by atoms with Crippen molar-refractivity contribution in [1.82, 2.24) is 5.32 Å². The highest BCUT2D eigenvalue weighted by Crippen LogP contribution is 2.31. The van der Waals surface area contributed by atoms with Gasteiger partial charge in [-0.3, -0.25) is 4.79 Å². The fourth-order valence-electron chi connectivity index (χ4n) is 2.86. The summed E-state index contributed by atoms with van der Waals surface area (Å²) >= 11 is 19.6. The van der Waals surface area contributed by atoms with E-state index in [1.165, 1.54) is 18.0 Å². The number of hydrogen-bond donors (Lipinski definition) is 1. The Morgan fingerprint density at radius 2 is 1.90 bits per heavy atom. The van der Waals surface area contributed by atoms with Gasteiger partial charge in [0.25, 0.3) is 0 Å². The molecule has 1 saturated heterocycles. The molecule has 1 N–H and O–H groups in total. The van der Waals surface area contributed by atoms with Crippen LogP contribution in [0.15, 0.2) is 69.2 Å². The number of nitrogens with one attached hydrogen (secondary N) is 1. The third-order valence-electron chi connectivity index (χ3n) is 4.24. The van der Waals surface area contributed by atoms with E-state index < -0.39 is 0 Å². The largest absolute Gasteiger partial charge is 0.455 e. The summed E-state index contributed by atoms with van der Waals surface area (Å²) in [5.41, 5.74) is 1.68. The maximum Gasteiger partial charge on any atom is 0.239 e. The summed E-state index contributed by atoms with van der Waals surface area (Å²) in [5, 5.41) is 12.7. The second-order valence-electron chi connectivity index (χ2n) is 6.41. The van der Waals surface area contributed by atoms with Crippen LogP contribution >= 0.6 is 46.6 Å². The SMILES string of the molecule is O=C1N/C(=N\N=C\c2ccc(-c3cc(Cl)ccc3Cl)o2)SC1Cc1cccc(Cl)c1. The van der Waals surface area contributed by atoms with Crippen LogP contribution in [0.5, 0.6) is 0 Å². The van der Waals surface area contributed by atoms with Crippen LogP contribution in [0.3, 0.4) is 0 Å². The molecule has 9 heteroatoms. The van der Waals surface area contributed by atoms with Crippen LogP contribution in [0.25, 0.3) is 11.3 Å². The summed E-state index contributed by atoms with van der Waals surface area (Å²) in [6.07, 6.45) is 2.02. The summed E-state index contributed by atoms with van der Waals surface area (Å²) in [5.74, 6) is 0.960. The van der Waals surface area contributed by atoms with Gasteiger partial charge in [0.15, 0.2) is 5.17 Å². The molecule has 1 fully saturated rings. The maximum absolute atomic E-state index is 12.2. The van der Waals surface area contributed by atoms with Gasteiger partial charge in [-0.25, -0.2) is 0 Å². The van der Waals surface area contributed by atoms with Gasteiger partial charge in [0.2, 0.25) is 5.91 Å². The molecular weight excluding hydrogens is 465 g/mol. The summed E-state index contributed by atoms with van der Waals surface area (Å²) in [6, 6.07) is 16.1. The number of rotatable bonds is 5. The standard InChI is InChI=1S/C21H14Cl3N3O2S/c22-13-3-1-2-12(8-13)9-19-20(28)26-21(30-19)27-25-11-15-5-7-18(29-15)16-10-14(23)4-6-17(16)24/h1-8,10-11,19H,9H2,(H,26,27,28)/b25-11+. The van der Waals surface area contributed by atoms with Gasteiger partial charge in [-0.05, 0) is 54.4 Å². The molecule has 30 heavy (non-hydrogen) atoms. The number of benzene rings is 2. The van der Waals surface area contributed by atoms with Gasteiger partial charge < -0.3 is 9.73 Å². The third-order valence-corrected chi connectivity index (χ3v) is 6.11. The molecule has 4 rings (SSSR count). The molecule has 5 nitrogen and oxygen atoms in total. The molecular formula is C21H14Cl3N3O2S. The molecule has 2 heterocycles. The van der Waals surface area contributed by atoms with E-state index in [0.29, 0.717) is 43.7 Å². The Hall–Kier alpha value is -2.25. The van der Waals surface area contributed by atoms with Gasteiger partial charge in [0.1, 0.15) is 11.5 Å². The monoisotopic (exact) mass is 477 g/mol. The molecule has 0 radical (unpaired) electrons. The van der Waals surface area contributed by atoms with Crippen molar-refractivity contribution in [3.63, 3.8) is 0 Å². The number of carbonyl (C=O) groups is 1. The minimum atomic E-state index is -0.280. The van der Waals surface area contributed by atoms with Crippen molar-refractivity contribution in [2.75, 3.05) is 0 Å². The number of furan rings is 1. The summed E-state index contributed by atoms with van der Waals surface area (Å²) in [4.78, 5) is 12.2. The lowest BCUT2D eigenvalue weighted by Crippen LogP contribution is -2.25. The fourth-order valence-corrected chi connectivity index (χ4v) is 4.42. The molecule has 0 bridgehead atoms. The van der Waals surface area contributed by atoms with E-state index in [1.807, 2.05) is 18.2 Å². The van der Waals surface area contributed by atoms with E-state index in [9.17, 15) is 4.79 Å². The number of thioether (sulfide) groups is 1.